The number of benzene rings is 2. The predicted octanol–water partition coefficient (Wildman–Crippen LogP) is 3.47. The number of hydrogen-bond acceptors (Lipinski definition) is 4. The molecule has 0 bridgehead atoms. The molecule has 0 radical (unpaired) electrons. The van der Waals surface area contributed by atoms with Crippen LogP contribution in [0.4, 0.5) is 11.4 Å². The molecule has 0 aliphatic carbocycles. The van der Waals surface area contributed by atoms with E-state index < -0.39 is 0 Å². The Morgan fingerprint density at radius 3 is 2.59 bits per heavy atom. The Kier molecular flexibility index (Phi) is 5.42. The van der Waals surface area contributed by atoms with Crippen LogP contribution in [0.25, 0.3) is 0 Å². The molecular formula is C18H22N2O2. The van der Waals surface area contributed by atoms with Gasteiger partial charge in [-0.2, -0.15) is 0 Å². The highest BCUT2D eigenvalue weighted by atomic mass is 16.5. The van der Waals surface area contributed by atoms with Crippen LogP contribution < -0.4 is 10.6 Å². The van der Waals surface area contributed by atoms with Crippen molar-refractivity contribution < 1.29 is 9.53 Å². The molecule has 2 aromatic carbocycles. The third-order valence-corrected chi connectivity index (χ3v) is 3.35. The summed E-state index contributed by atoms with van der Waals surface area (Å²) in [6.07, 6.45) is 0.795. The second-order valence-electron chi connectivity index (χ2n) is 5.25. The van der Waals surface area contributed by atoms with E-state index >= 15 is 0 Å². The van der Waals surface area contributed by atoms with Crippen molar-refractivity contribution in [3.8, 4) is 0 Å². The monoisotopic (exact) mass is 298 g/mol. The molecule has 0 saturated carbocycles. The van der Waals surface area contributed by atoms with Gasteiger partial charge in [0.05, 0.1) is 17.9 Å². The van der Waals surface area contributed by atoms with Crippen molar-refractivity contribution in [3.63, 3.8) is 0 Å². The van der Waals surface area contributed by atoms with Gasteiger partial charge in [0.1, 0.15) is 0 Å². The highest BCUT2D eigenvalue weighted by Crippen LogP contribution is 2.24. The first-order chi connectivity index (χ1) is 10.6. The van der Waals surface area contributed by atoms with Crippen LogP contribution in [-0.4, -0.2) is 19.6 Å². The van der Waals surface area contributed by atoms with E-state index in [-0.39, 0.29) is 5.97 Å². The van der Waals surface area contributed by atoms with Crippen molar-refractivity contribution in [1.29, 1.82) is 0 Å². The van der Waals surface area contributed by atoms with Crippen molar-refractivity contribution in [2.75, 3.05) is 24.3 Å². The fourth-order valence-corrected chi connectivity index (χ4v) is 2.26. The summed E-state index contributed by atoms with van der Waals surface area (Å²) in [5.41, 5.74) is 8.88. The van der Waals surface area contributed by atoms with Gasteiger partial charge in [0.2, 0.25) is 0 Å². The number of nitrogens with zero attached hydrogens (tertiary/aromatic N) is 1. The molecule has 2 aromatic rings. The highest BCUT2D eigenvalue weighted by molar-refractivity contribution is 5.97. The smallest absolute Gasteiger partial charge is 0.340 e. The molecule has 0 aromatic heterocycles. The average molecular weight is 298 g/mol. The van der Waals surface area contributed by atoms with E-state index in [1.807, 2.05) is 43.1 Å². The molecule has 2 rings (SSSR count). The minimum Gasteiger partial charge on any atom is -0.462 e. The summed E-state index contributed by atoms with van der Waals surface area (Å²) in [6.45, 7) is 3.09. The Morgan fingerprint density at radius 2 is 1.91 bits per heavy atom. The maximum absolute atomic E-state index is 12.2. The zero-order chi connectivity index (χ0) is 15.9. The van der Waals surface area contributed by atoms with Crippen molar-refractivity contribution in [2.45, 2.75) is 19.9 Å². The summed E-state index contributed by atoms with van der Waals surface area (Å²) < 4.78 is 5.25. The fraction of sp³-hybridized carbons (Fsp3) is 0.278. The van der Waals surface area contributed by atoms with Crippen LogP contribution in [0.1, 0.15) is 29.3 Å². The number of nitrogen functional groups attached to an aromatic ring is 1. The molecule has 0 spiro atoms. The van der Waals surface area contributed by atoms with Crippen LogP contribution in [0.2, 0.25) is 0 Å². The largest absolute Gasteiger partial charge is 0.462 e. The van der Waals surface area contributed by atoms with Crippen LogP contribution in [0.5, 0.6) is 0 Å². The van der Waals surface area contributed by atoms with Crippen molar-refractivity contribution in [1.82, 2.24) is 0 Å². The molecule has 0 aliphatic heterocycles. The fourth-order valence-electron chi connectivity index (χ4n) is 2.26. The Hall–Kier alpha value is -2.49. The third-order valence-electron chi connectivity index (χ3n) is 3.35. The second-order valence-corrected chi connectivity index (χ2v) is 5.25. The van der Waals surface area contributed by atoms with E-state index in [4.69, 9.17) is 10.5 Å². The lowest BCUT2D eigenvalue weighted by molar-refractivity contribution is 0.0506. The maximum atomic E-state index is 12.2. The summed E-state index contributed by atoms with van der Waals surface area (Å²) >= 11 is 0. The average Bonchev–Trinajstić information content (AvgIpc) is 2.53. The zero-order valence-electron chi connectivity index (χ0n) is 13.1. The molecular weight excluding hydrogens is 276 g/mol. The first-order valence-electron chi connectivity index (χ1n) is 7.43. The van der Waals surface area contributed by atoms with E-state index in [0.717, 1.165) is 12.1 Å². The van der Waals surface area contributed by atoms with Crippen molar-refractivity contribution in [2.24, 2.45) is 0 Å². The van der Waals surface area contributed by atoms with E-state index in [1.165, 1.54) is 5.56 Å². The third kappa shape index (κ3) is 4.01. The lowest BCUT2D eigenvalue weighted by Gasteiger charge is -2.22. The number of nitrogens with two attached hydrogens (primary N) is 1. The Balaban J connectivity index is 2.23. The molecule has 2 N–H and O–H groups in total. The molecule has 0 saturated heterocycles. The molecule has 116 valence electrons. The number of rotatable bonds is 6. The molecule has 0 unspecified atom stereocenters. The first kappa shape index (κ1) is 15.9. The summed E-state index contributed by atoms with van der Waals surface area (Å²) in [6, 6.07) is 15.4. The number of carbonyl (C=O) groups is 1. The number of hydrogen-bond donors (Lipinski definition) is 1. The van der Waals surface area contributed by atoms with Gasteiger partial charge < -0.3 is 15.4 Å². The SMILES string of the molecule is CCCOC(=O)c1cc(N)ccc1N(C)Cc1ccccc1. The first-order valence-corrected chi connectivity index (χ1v) is 7.43. The molecule has 0 aliphatic rings. The van der Waals surface area contributed by atoms with Crippen LogP contribution in [0.15, 0.2) is 48.5 Å². The second kappa shape index (κ2) is 7.50. The topological polar surface area (TPSA) is 55.6 Å². The number of anilines is 2. The molecule has 0 atom stereocenters. The molecule has 4 heteroatoms. The normalized spacial score (nSPS) is 10.3. The number of ether oxygens (including phenoxy) is 1. The standard InChI is InChI=1S/C18H22N2O2/c1-3-11-22-18(21)16-12-15(19)9-10-17(16)20(2)13-14-7-5-4-6-8-14/h4-10,12H,3,11,13,19H2,1-2H3. The van der Waals surface area contributed by atoms with Gasteiger partial charge in [0.25, 0.3) is 0 Å². The minimum atomic E-state index is -0.330. The van der Waals surface area contributed by atoms with Gasteiger partial charge in [-0.25, -0.2) is 4.79 Å². The summed E-state index contributed by atoms with van der Waals surface area (Å²) in [5, 5.41) is 0. The summed E-state index contributed by atoms with van der Waals surface area (Å²) in [5.74, 6) is -0.330. The van der Waals surface area contributed by atoms with Crippen molar-refractivity contribution in [3.05, 3.63) is 59.7 Å². The zero-order valence-corrected chi connectivity index (χ0v) is 13.1. The van der Waals surface area contributed by atoms with Crippen LogP contribution >= 0.6 is 0 Å². The van der Waals surface area contributed by atoms with E-state index in [2.05, 4.69) is 12.1 Å². The van der Waals surface area contributed by atoms with Crippen LogP contribution in [0, 0.1) is 0 Å². The van der Waals surface area contributed by atoms with Crippen LogP contribution in [0.3, 0.4) is 0 Å². The van der Waals surface area contributed by atoms with Gasteiger partial charge in [-0.05, 0) is 30.2 Å². The lowest BCUT2D eigenvalue weighted by Crippen LogP contribution is -2.20. The van der Waals surface area contributed by atoms with E-state index in [9.17, 15) is 4.79 Å². The minimum absolute atomic E-state index is 0.330. The van der Waals surface area contributed by atoms with Gasteiger partial charge in [0, 0.05) is 19.3 Å². The highest BCUT2D eigenvalue weighted by Gasteiger charge is 2.16. The van der Waals surface area contributed by atoms with Crippen molar-refractivity contribution >= 4 is 17.3 Å². The summed E-state index contributed by atoms with van der Waals surface area (Å²) in [4.78, 5) is 14.3. The van der Waals surface area contributed by atoms with Gasteiger partial charge in [-0.1, -0.05) is 37.3 Å². The van der Waals surface area contributed by atoms with Gasteiger partial charge in [-0.3, -0.25) is 0 Å². The molecule has 4 nitrogen and oxygen atoms in total. The molecule has 0 fully saturated rings. The van der Waals surface area contributed by atoms with Gasteiger partial charge in [0.15, 0.2) is 0 Å². The van der Waals surface area contributed by atoms with E-state index in [0.29, 0.717) is 24.4 Å². The lowest BCUT2D eigenvalue weighted by atomic mass is 10.1. The Morgan fingerprint density at radius 1 is 1.18 bits per heavy atom. The van der Waals surface area contributed by atoms with E-state index in [1.54, 1.807) is 12.1 Å². The molecule has 0 heterocycles. The predicted molar refractivity (Wildman–Crippen MR) is 90.0 cm³/mol. The quantitative estimate of drug-likeness (QED) is 0.655. The Labute approximate surface area is 131 Å². The number of carbonyl (C=O) groups excluding carboxylic acids is 1. The summed E-state index contributed by atoms with van der Waals surface area (Å²) in [7, 11) is 1.95. The maximum Gasteiger partial charge on any atom is 0.340 e. The Bertz CT molecular complexity index is 626. The van der Waals surface area contributed by atoms with Gasteiger partial charge >= 0.3 is 5.97 Å². The molecule has 22 heavy (non-hydrogen) atoms. The van der Waals surface area contributed by atoms with Gasteiger partial charge in [-0.15, -0.1) is 0 Å². The number of esters is 1. The molecule has 0 amide bonds. The van der Waals surface area contributed by atoms with Crippen LogP contribution in [-0.2, 0) is 11.3 Å².